The van der Waals surface area contributed by atoms with Crippen LogP contribution < -0.4 is 0 Å². The zero-order valence-electron chi connectivity index (χ0n) is 11.6. The van der Waals surface area contributed by atoms with Gasteiger partial charge in [-0.25, -0.2) is 0 Å². The van der Waals surface area contributed by atoms with Crippen molar-refractivity contribution in [3.05, 3.63) is 34.9 Å². The number of carbonyl (C=O) groups is 1. The first-order chi connectivity index (χ1) is 9.66. The minimum Gasteiger partial charge on any atom is -0.481 e. The summed E-state index contributed by atoms with van der Waals surface area (Å²) in [5, 5.41) is 9.99. The number of aliphatic carboxylic acids is 1. The lowest BCUT2D eigenvalue weighted by Crippen LogP contribution is -2.17. The average molecular weight is 297 g/mol. The van der Waals surface area contributed by atoms with Gasteiger partial charge in [-0.1, -0.05) is 36.2 Å². The number of halogens is 1. The molecule has 0 amide bonds. The number of carboxylic acids is 1. The molecule has 2 rings (SSSR count). The van der Waals surface area contributed by atoms with Crippen LogP contribution in [0.1, 0.15) is 37.7 Å². The molecular weight excluding hydrogens is 276 g/mol. The van der Waals surface area contributed by atoms with E-state index in [1.807, 2.05) is 24.3 Å². The van der Waals surface area contributed by atoms with E-state index in [2.05, 4.69) is 0 Å². The molecule has 1 aliphatic heterocycles. The second-order valence-corrected chi connectivity index (χ2v) is 5.80. The van der Waals surface area contributed by atoms with Crippen LogP contribution >= 0.6 is 11.6 Å². The molecule has 1 fully saturated rings. The van der Waals surface area contributed by atoms with Gasteiger partial charge < -0.3 is 9.84 Å². The molecule has 1 N–H and O–H groups in total. The Morgan fingerprint density at radius 3 is 2.90 bits per heavy atom. The van der Waals surface area contributed by atoms with Crippen molar-refractivity contribution in [1.82, 2.24) is 0 Å². The fraction of sp³-hybridized carbons (Fsp3) is 0.562. The van der Waals surface area contributed by atoms with E-state index in [1.165, 1.54) is 0 Å². The van der Waals surface area contributed by atoms with E-state index >= 15 is 0 Å². The van der Waals surface area contributed by atoms with E-state index in [0.717, 1.165) is 37.9 Å². The van der Waals surface area contributed by atoms with Crippen molar-refractivity contribution in [3.8, 4) is 0 Å². The van der Waals surface area contributed by atoms with Crippen LogP contribution in [0.25, 0.3) is 0 Å². The molecule has 0 spiro atoms. The summed E-state index contributed by atoms with van der Waals surface area (Å²) in [5.41, 5.74) is 0.915. The van der Waals surface area contributed by atoms with Gasteiger partial charge in [0.05, 0.1) is 12.0 Å². The van der Waals surface area contributed by atoms with Gasteiger partial charge in [-0.05, 0) is 43.7 Å². The molecule has 0 aromatic heterocycles. The van der Waals surface area contributed by atoms with Crippen LogP contribution in [0.3, 0.4) is 0 Å². The molecule has 1 saturated heterocycles. The molecular formula is C16H21ClO3. The van der Waals surface area contributed by atoms with Gasteiger partial charge in [0.25, 0.3) is 0 Å². The Labute approximate surface area is 124 Å². The molecule has 20 heavy (non-hydrogen) atoms. The van der Waals surface area contributed by atoms with E-state index in [0.29, 0.717) is 24.0 Å². The molecule has 0 bridgehead atoms. The highest BCUT2D eigenvalue weighted by atomic mass is 35.5. The Morgan fingerprint density at radius 1 is 1.45 bits per heavy atom. The summed E-state index contributed by atoms with van der Waals surface area (Å²) in [6, 6.07) is 7.46. The Morgan fingerprint density at radius 2 is 2.25 bits per heavy atom. The lowest BCUT2D eigenvalue weighted by molar-refractivity contribution is -0.142. The first kappa shape index (κ1) is 15.3. The van der Waals surface area contributed by atoms with Gasteiger partial charge >= 0.3 is 5.97 Å². The Kier molecular flexibility index (Phi) is 5.86. The highest BCUT2D eigenvalue weighted by Gasteiger charge is 2.21. The second-order valence-electron chi connectivity index (χ2n) is 5.40. The maximum Gasteiger partial charge on any atom is 0.306 e. The molecule has 110 valence electrons. The molecule has 0 aliphatic carbocycles. The predicted molar refractivity (Wildman–Crippen MR) is 79.1 cm³/mol. The third kappa shape index (κ3) is 4.50. The van der Waals surface area contributed by atoms with Crippen molar-refractivity contribution in [2.75, 3.05) is 6.61 Å². The first-order valence-electron chi connectivity index (χ1n) is 7.24. The molecule has 2 unspecified atom stereocenters. The molecule has 0 saturated carbocycles. The average Bonchev–Trinajstić information content (AvgIpc) is 2.93. The molecule has 1 aromatic carbocycles. The number of hydrogen-bond donors (Lipinski definition) is 1. The SMILES string of the molecule is O=C(O)C(CCCC1CCCO1)Cc1ccccc1Cl. The molecule has 1 heterocycles. The van der Waals surface area contributed by atoms with Crippen LogP contribution in [-0.2, 0) is 16.0 Å². The second kappa shape index (κ2) is 7.65. The normalized spacial score (nSPS) is 19.9. The molecule has 2 atom stereocenters. The number of ether oxygens (including phenoxy) is 1. The summed E-state index contributed by atoms with van der Waals surface area (Å²) < 4.78 is 5.56. The van der Waals surface area contributed by atoms with Gasteiger partial charge in [0.1, 0.15) is 0 Å². The third-order valence-electron chi connectivity index (χ3n) is 3.88. The van der Waals surface area contributed by atoms with Crippen molar-refractivity contribution in [2.24, 2.45) is 5.92 Å². The van der Waals surface area contributed by atoms with Crippen molar-refractivity contribution in [3.63, 3.8) is 0 Å². The summed E-state index contributed by atoms with van der Waals surface area (Å²) in [7, 11) is 0. The van der Waals surface area contributed by atoms with E-state index in [9.17, 15) is 9.90 Å². The number of carboxylic acid groups (broad SMARTS) is 1. The summed E-state index contributed by atoms with van der Waals surface area (Å²) in [4.78, 5) is 11.4. The summed E-state index contributed by atoms with van der Waals surface area (Å²) in [6.45, 7) is 0.854. The maximum atomic E-state index is 11.4. The van der Waals surface area contributed by atoms with Crippen LogP contribution in [0.4, 0.5) is 0 Å². The lowest BCUT2D eigenvalue weighted by Gasteiger charge is -2.15. The Balaban J connectivity index is 1.84. The number of benzene rings is 1. The van der Waals surface area contributed by atoms with Gasteiger partial charge in [0, 0.05) is 11.6 Å². The fourth-order valence-corrected chi connectivity index (χ4v) is 2.92. The quantitative estimate of drug-likeness (QED) is 0.829. The number of hydrogen-bond acceptors (Lipinski definition) is 2. The largest absolute Gasteiger partial charge is 0.481 e. The summed E-state index contributed by atoms with van der Waals surface area (Å²) >= 11 is 6.10. The Bertz CT molecular complexity index is 441. The first-order valence-corrected chi connectivity index (χ1v) is 7.62. The van der Waals surface area contributed by atoms with E-state index in [1.54, 1.807) is 0 Å². The van der Waals surface area contributed by atoms with Crippen LogP contribution in [0, 0.1) is 5.92 Å². The van der Waals surface area contributed by atoms with Crippen molar-refractivity contribution < 1.29 is 14.6 Å². The molecule has 1 aromatic rings. The predicted octanol–water partition coefficient (Wildman–Crippen LogP) is 3.93. The van der Waals surface area contributed by atoms with Gasteiger partial charge in [0.2, 0.25) is 0 Å². The highest BCUT2D eigenvalue weighted by molar-refractivity contribution is 6.31. The van der Waals surface area contributed by atoms with Crippen LogP contribution in [0.15, 0.2) is 24.3 Å². The monoisotopic (exact) mass is 296 g/mol. The topological polar surface area (TPSA) is 46.5 Å². The third-order valence-corrected chi connectivity index (χ3v) is 4.24. The van der Waals surface area contributed by atoms with Crippen LogP contribution in [0.5, 0.6) is 0 Å². The van der Waals surface area contributed by atoms with E-state index < -0.39 is 5.97 Å². The summed E-state index contributed by atoms with van der Waals surface area (Å²) in [6.07, 6.45) is 5.62. The van der Waals surface area contributed by atoms with Crippen LogP contribution in [0.2, 0.25) is 5.02 Å². The minimum atomic E-state index is -0.739. The highest BCUT2D eigenvalue weighted by Crippen LogP contribution is 2.24. The minimum absolute atomic E-state index is 0.338. The maximum absolute atomic E-state index is 11.4. The van der Waals surface area contributed by atoms with Gasteiger partial charge in [-0.15, -0.1) is 0 Å². The van der Waals surface area contributed by atoms with Crippen molar-refractivity contribution in [2.45, 2.75) is 44.6 Å². The number of rotatable bonds is 7. The van der Waals surface area contributed by atoms with Gasteiger partial charge in [-0.2, -0.15) is 0 Å². The van der Waals surface area contributed by atoms with Crippen molar-refractivity contribution >= 4 is 17.6 Å². The van der Waals surface area contributed by atoms with Crippen molar-refractivity contribution in [1.29, 1.82) is 0 Å². The van der Waals surface area contributed by atoms with Gasteiger partial charge in [-0.3, -0.25) is 4.79 Å². The van der Waals surface area contributed by atoms with E-state index in [4.69, 9.17) is 16.3 Å². The smallest absolute Gasteiger partial charge is 0.306 e. The zero-order chi connectivity index (χ0) is 14.4. The standard InChI is InChI=1S/C16H21ClO3/c17-15-9-2-1-5-12(15)11-13(16(18)19)6-3-7-14-8-4-10-20-14/h1-2,5,9,13-14H,3-4,6-8,10-11H2,(H,18,19). The molecule has 1 aliphatic rings. The molecule has 4 heteroatoms. The lowest BCUT2D eigenvalue weighted by atomic mass is 9.93. The Hall–Kier alpha value is -1.06. The fourth-order valence-electron chi connectivity index (χ4n) is 2.71. The molecule has 0 radical (unpaired) electrons. The zero-order valence-corrected chi connectivity index (χ0v) is 12.3. The van der Waals surface area contributed by atoms with Crippen LogP contribution in [-0.4, -0.2) is 23.8 Å². The summed E-state index contributed by atoms with van der Waals surface area (Å²) in [5.74, 6) is -1.10. The van der Waals surface area contributed by atoms with E-state index in [-0.39, 0.29) is 5.92 Å². The van der Waals surface area contributed by atoms with Gasteiger partial charge in [0.15, 0.2) is 0 Å². The molecule has 3 nitrogen and oxygen atoms in total.